The Morgan fingerprint density at radius 1 is 1.40 bits per heavy atom. The van der Waals surface area contributed by atoms with Crippen LogP contribution in [0.5, 0.6) is 0 Å². The Labute approximate surface area is 201 Å². The van der Waals surface area contributed by atoms with Gasteiger partial charge in [-0.05, 0) is 30.6 Å². The molecule has 3 aromatic rings. The molecule has 4 rings (SSSR count). The van der Waals surface area contributed by atoms with Crippen LogP contribution in [0, 0.1) is 17.7 Å². The molecular formula is C24H26FN7O3. The fraction of sp³-hybridized carbons (Fsp3) is 0.333. The van der Waals surface area contributed by atoms with Crippen LogP contribution < -0.4 is 11.1 Å². The quantitative estimate of drug-likeness (QED) is 0.408. The largest absolute Gasteiger partial charge is 0.383 e. The van der Waals surface area contributed by atoms with Gasteiger partial charge >= 0.3 is 0 Å². The van der Waals surface area contributed by atoms with Crippen molar-refractivity contribution in [3.05, 3.63) is 53.8 Å². The van der Waals surface area contributed by atoms with E-state index in [0.29, 0.717) is 30.9 Å². The number of aryl methyl sites for hydroxylation is 1. The molecule has 11 heteroatoms. The highest BCUT2D eigenvalue weighted by Gasteiger charge is 2.37. The predicted molar refractivity (Wildman–Crippen MR) is 128 cm³/mol. The van der Waals surface area contributed by atoms with E-state index in [-0.39, 0.29) is 40.3 Å². The average molecular weight is 480 g/mol. The van der Waals surface area contributed by atoms with Crippen molar-refractivity contribution in [1.82, 2.24) is 24.2 Å². The number of nitrogens with one attached hydrogen (secondary N) is 1. The van der Waals surface area contributed by atoms with Gasteiger partial charge in [0.25, 0.3) is 5.91 Å². The first-order valence-electron chi connectivity index (χ1n) is 10.9. The first-order chi connectivity index (χ1) is 16.8. The second-order valence-corrected chi connectivity index (χ2v) is 8.22. The summed E-state index contributed by atoms with van der Waals surface area (Å²) in [7, 11) is 4.98. The van der Waals surface area contributed by atoms with Crippen LogP contribution in [0.15, 0.2) is 31.1 Å². The molecule has 10 nitrogen and oxygen atoms in total. The summed E-state index contributed by atoms with van der Waals surface area (Å²) in [5.41, 5.74) is 6.84. The first-order valence-corrected chi connectivity index (χ1v) is 10.9. The van der Waals surface area contributed by atoms with E-state index in [9.17, 15) is 14.0 Å². The van der Waals surface area contributed by atoms with Crippen molar-refractivity contribution < 1.29 is 18.7 Å². The number of nitrogens with two attached hydrogens (primary N) is 1. The van der Waals surface area contributed by atoms with Crippen LogP contribution >= 0.6 is 0 Å². The van der Waals surface area contributed by atoms with Crippen molar-refractivity contribution in [2.75, 3.05) is 32.6 Å². The van der Waals surface area contributed by atoms with Crippen LogP contribution in [0.25, 0.3) is 11.0 Å². The monoisotopic (exact) mass is 479 g/mol. The van der Waals surface area contributed by atoms with Crippen molar-refractivity contribution in [2.45, 2.75) is 18.5 Å². The molecule has 0 spiro atoms. The number of imidazole rings is 1. The van der Waals surface area contributed by atoms with Crippen molar-refractivity contribution in [1.29, 1.82) is 0 Å². The Morgan fingerprint density at radius 2 is 2.17 bits per heavy atom. The Hall–Kier alpha value is -4.17. The number of halogens is 1. The van der Waals surface area contributed by atoms with Gasteiger partial charge in [0.1, 0.15) is 16.9 Å². The van der Waals surface area contributed by atoms with E-state index < -0.39 is 11.7 Å². The Kier molecular flexibility index (Phi) is 6.57. The number of ether oxygens (including phenoxy) is 1. The van der Waals surface area contributed by atoms with Gasteiger partial charge in [0.2, 0.25) is 5.91 Å². The predicted octanol–water partition coefficient (Wildman–Crippen LogP) is 1.42. The number of benzene rings is 1. The highest BCUT2D eigenvalue weighted by Crippen LogP contribution is 2.32. The fourth-order valence-corrected chi connectivity index (χ4v) is 4.46. The summed E-state index contributed by atoms with van der Waals surface area (Å²) in [6.07, 6.45) is 3.32. The number of hydrogen-bond acceptors (Lipinski definition) is 6. The van der Waals surface area contributed by atoms with Crippen LogP contribution in [0.1, 0.15) is 34.1 Å². The van der Waals surface area contributed by atoms with E-state index >= 15 is 0 Å². The van der Waals surface area contributed by atoms with E-state index in [2.05, 4.69) is 33.8 Å². The molecule has 1 aliphatic rings. The fourth-order valence-electron chi connectivity index (χ4n) is 4.46. The number of primary amides is 1. The number of anilines is 1. The molecule has 2 amide bonds. The van der Waals surface area contributed by atoms with Crippen LogP contribution in [-0.4, -0.2) is 69.4 Å². The molecule has 1 fully saturated rings. The third-order valence-electron chi connectivity index (χ3n) is 6.10. The van der Waals surface area contributed by atoms with Crippen LogP contribution in [0.2, 0.25) is 0 Å². The molecule has 3 N–H and O–H groups in total. The molecule has 35 heavy (non-hydrogen) atoms. The van der Waals surface area contributed by atoms with E-state index in [1.165, 1.54) is 12.4 Å². The molecule has 1 aromatic carbocycles. The molecule has 0 aliphatic carbocycles. The summed E-state index contributed by atoms with van der Waals surface area (Å²) in [6, 6.07) is 2.82. The summed E-state index contributed by atoms with van der Waals surface area (Å²) < 4.78 is 23.5. The topological polar surface area (TPSA) is 120 Å². The zero-order chi connectivity index (χ0) is 25.3. The average Bonchev–Trinajstić information content (AvgIpc) is 3.53. The lowest BCUT2D eigenvalue weighted by Gasteiger charge is -2.22. The molecule has 182 valence electrons. The third-order valence-corrected chi connectivity index (χ3v) is 6.10. The Balaban J connectivity index is 1.75. The van der Waals surface area contributed by atoms with Gasteiger partial charge in [-0.15, -0.1) is 0 Å². The van der Waals surface area contributed by atoms with E-state index in [4.69, 9.17) is 10.5 Å². The molecule has 2 atom stereocenters. The zero-order valence-corrected chi connectivity index (χ0v) is 19.7. The minimum Gasteiger partial charge on any atom is -0.383 e. The summed E-state index contributed by atoms with van der Waals surface area (Å²) in [6.45, 7) is 4.25. The van der Waals surface area contributed by atoms with Gasteiger partial charge in [-0.25, -0.2) is 14.1 Å². The minimum absolute atomic E-state index is 0.0936. The Bertz CT molecular complexity index is 1380. The van der Waals surface area contributed by atoms with Gasteiger partial charge < -0.3 is 25.3 Å². The van der Waals surface area contributed by atoms with E-state index in [0.717, 1.165) is 0 Å². The van der Waals surface area contributed by atoms with Gasteiger partial charge in [-0.1, -0.05) is 12.5 Å². The normalized spacial score (nSPS) is 17.3. The number of methoxy groups -OCH3 is 1. The van der Waals surface area contributed by atoms with Crippen molar-refractivity contribution >= 4 is 28.7 Å². The summed E-state index contributed by atoms with van der Waals surface area (Å²) in [5.74, 6) is 4.44. The molecule has 0 saturated carbocycles. The third kappa shape index (κ3) is 4.24. The first kappa shape index (κ1) is 24.0. The number of amides is 2. The molecule has 0 unspecified atom stereocenters. The standard InChI is InChI=1S/C24H26FN7O3/c1-5-19(33)31-11-15(10-16(31)12-35-4)32-24(27-2)20(23(26)34)17(29-32)8-6-14-7-9-18-22(21(14)25)28-13-30(18)3/h5,7,9,13,15-16,27H,1,10-12H2,2-4H3,(H2,26,34)/t15-,16+/m0/s1. The van der Waals surface area contributed by atoms with E-state index in [1.54, 1.807) is 47.5 Å². The van der Waals surface area contributed by atoms with Gasteiger partial charge in [0.05, 0.1) is 36.1 Å². The number of hydrogen-bond donors (Lipinski definition) is 2. The maximum Gasteiger partial charge on any atom is 0.255 e. The van der Waals surface area contributed by atoms with Crippen LogP contribution in [0.3, 0.4) is 0 Å². The number of likely N-dealkylation sites (tertiary alicyclic amines) is 1. The molecule has 0 radical (unpaired) electrons. The lowest BCUT2D eigenvalue weighted by molar-refractivity contribution is -0.127. The molecule has 2 aromatic heterocycles. The van der Waals surface area contributed by atoms with Gasteiger partial charge in [-0.3, -0.25) is 9.59 Å². The second-order valence-electron chi connectivity index (χ2n) is 8.22. The molecule has 1 saturated heterocycles. The maximum atomic E-state index is 14.9. The van der Waals surface area contributed by atoms with Gasteiger partial charge in [0, 0.05) is 27.7 Å². The highest BCUT2D eigenvalue weighted by molar-refractivity contribution is 6.00. The molecule has 0 bridgehead atoms. The van der Waals surface area contributed by atoms with Crippen molar-refractivity contribution in [3.8, 4) is 11.8 Å². The summed E-state index contributed by atoms with van der Waals surface area (Å²) in [4.78, 5) is 30.5. The highest BCUT2D eigenvalue weighted by atomic mass is 19.1. The number of fused-ring (bicyclic) bond motifs is 1. The number of rotatable bonds is 6. The SMILES string of the molecule is C=CC(=O)N1C[C@@H](n2nc(C#Cc3ccc4c(ncn4C)c3F)c(C(N)=O)c2NC)C[C@@H]1COC. The summed E-state index contributed by atoms with van der Waals surface area (Å²) in [5, 5.41) is 7.52. The van der Waals surface area contributed by atoms with Crippen molar-refractivity contribution in [2.24, 2.45) is 12.8 Å². The lowest BCUT2D eigenvalue weighted by atomic mass is 10.1. The minimum atomic E-state index is -0.726. The van der Waals surface area contributed by atoms with E-state index in [1.807, 2.05) is 0 Å². The molecule has 3 heterocycles. The van der Waals surface area contributed by atoms with Crippen LogP contribution in [0.4, 0.5) is 10.2 Å². The lowest BCUT2D eigenvalue weighted by Crippen LogP contribution is -2.37. The number of carbonyl (C=O) groups is 2. The molecular weight excluding hydrogens is 453 g/mol. The van der Waals surface area contributed by atoms with Gasteiger partial charge in [0.15, 0.2) is 11.5 Å². The number of nitrogens with zero attached hydrogens (tertiary/aromatic N) is 5. The maximum absolute atomic E-state index is 14.9. The Morgan fingerprint density at radius 3 is 2.83 bits per heavy atom. The molecule has 1 aliphatic heterocycles. The second kappa shape index (κ2) is 9.60. The van der Waals surface area contributed by atoms with Crippen molar-refractivity contribution in [3.63, 3.8) is 0 Å². The number of carbonyl (C=O) groups excluding carboxylic acids is 2. The van der Waals surface area contributed by atoms with Crippen LogP contribution in [-0.2, 0) is 16.6 Å². The summed E-state index contributed by atoms with van der Waals surface area (Å²) >= 11 is 0. The smallest absolute Gasteiger partial charge is 0.255 e. The number of aromatic nitrogens is 4. The zero-order valence-electron chi connectivity index (χ0n) is 19.7. The van der Waals surface area contributed by atoms with Gasteiger partial charge in [-0.2, -0.15) is 5.10 Å².